The number of carbonyl (C=O) groups excluding carboxylic acids is 2. The zero-order valence-corrected chi connectivity index (χ0v) is 14.1. The second-order valence-corrected chi connectivity index (χ2v) is 6.15. The van der Waals surface area contributed by atoms with Crippen molar-refractivity contribution in [2.45, 2.75) is 25.9 Å². The molecule has 1 atom stereocenters. The SMILES string of the molecule is C[C@H](Oc1ccc(C(=O)c2ccc(F)cc2)cc1)C(=O)N1CCCC1. The smallest absolute Gasteiger partial charge is 0.263 e. The van der Waals surface area contributed by atoms with E-state index in [1.165, 1.54) is 24.3 Å². The molecule has 1 fully saturated rings. The van der Waals surface area contributed by atoms with E-state index in [2.05, 4.69) is 0 Å². The lowest BCUT2D eigenvalue weighted by molar-refractivity contribution is -0.136. The topological polar surface area (TPSA) is 46.6 Å². The maximum Gasteiger partial charge on any atom is 0.263 e. The van der Waals surface area contributed by atoms with E-state index in [0.717, 1.165) is 25.9 Å². The molecule has 0 N–H and O–H groups in total. The monoisotopic (exact) mass is 341 g/mol. The predicted octanol–water partition coefficient (Wildman–Crippen LogP) is 3.45. The molecule has 0 saturated carbocycles. The van der Waals surface area contributed by atoms with Gasteiger partial charge >= 0.3 is 0 Å². The van der Waals surface area contributed by atoms with Crippen molar-refractivity contribution in [2.24, 2.45) is 0 Å². The highest BCUT2D eigenvalue weighted by molar-refractivity contribution is 6.09. The summed E-state index contributed by atoms with van der Waals surface area (Å²) in [6.07, 6.45) is 1.52. The van der Waals surface area contributed by atoms with Crippen molar-refractivity contribution in [1.29, 1.82) is 0 Å². The molecule has 0 spiro atoms. The van der Waals surface area contributed by atoms with Gasteiger partial charge in [0.25, 0.3) is 5.91 Å². The zero-order valence-electron chi connectivity index (χ0n) is 14.1. The van der Waals surface area contributed by atoms with Gasteiger partial charge in [0.05, 0.1) is 0 Å². The van der Waals surface area contributed by atoms with Gasteiger partial charge in [-0.25, -0.2) is 4.39 Å². The molecule has 0 unspecified atom stereocenters. The van der Waals surface area contributed by atoms with E-state index in [-0.39, 0.29) is 17.5 Å². The molecule has 2 aromatic carbocycles. The summed E-state index contributed by atoms with van der Waals surface area (Å²) in [5.41, 5.74) is 0.908. The lowest BCUT2D eigenvalue weighted by atomic mass is 10.0. The fraction of sp³-hybridized carbons (Fsp3) is 0.300. The average molecular weight is 341 g/mol. The van der Waals surface area contributed by atoms with Gasteiger partial charge in [-0.15, -0.1) is 0 Å². The summed E-state index contributed by atoms with van der Waals surface area (Å²) in [6.45, 7) is 3.31. The molecule has 4 nitrogen and oxygen atoms in total. The van der Waals surface area contributed by atoms with Crippen LogP contribution < -0.4 is 4.74 Å². The Balaban J connectivity index is 1.64. The Bertz CT molecular complexity index is 750. The minimum Gasteiger partial charge on any atom is -0.481 e. The first-order chi connectivity index (χ1) is 12.0. The number of hydrogen-bond acceptors (Lipinski definition) is 3. The Labute approximate surface area is 146 Å². The Hall–Kier alpha value is -2.69. The van der Waals surface area contributed by atoms with E-state index in [0.29, 0.717) is 16.9 Å². The maximum absolute atomic E-state index is 12.9. The second kappa shape index (κ2) is 7.47. The Kier molecular flexibility index (Phi) is 5.12. The number of ketones is 1. The molecule has 0 radical (unpaired) electrons. The number of ether oxygens (including phenoxy) is 1. The van der Waals surface area contributed by atoms with Crippen molar-refractivity contribution in [3.8, 4) is 5.75 Å². The Morgan fingerprint density at radius 3 is 2.04 bits per heavy atom. The summed E-state index contributed by atoms with van der Waals surface area (Å²) in [5, 5.41) is 0. The van der Waals surface area contributed by atoms with Crippen molar-refractivity contribution in [2.75, 3.05) is 13.1 Å². The number of likely N-dealkylation sites (tertiary alicyclic amines) is 1. The largest absolute Gasteiger partial charge is 0.481 e. The fourth-order valence-corrected chi connectivity index (χ4v) is 2.90. The standard InChI is InChI=1S/C20H20FNO3/c1-14(20(24)22-12-2-3-13-22)25-18-10-6-16(7-11-18)19(23)15-4-8-17(21)9-5-15/h4-11,14H,2-3,12-13H2,1H3/t14-/m0/s1. The molecule has 25 heavy (non-hydrogen) atoms. The fourth-order valence-electron chi connectivity index (χ4n) is 2.90. The Morgan fingerprint density at radius 2 is 1.48 bits per heavy atom. The van der Waals surface area contributed by atoms with Crippen molar-refractivity contribution < 1.29 is 18.7 Å². The molecule has 1 amide bonds. The molecule has 1 aliphatic rings. The van der Waals surface area contributed by atoms with Crippen LogP contribution in [0.1, 0.15) is 35.7 Å². The highest BCUT2D eigenvalue weighted by Gasteiger charge is 2.24. The minimum atomic E-state index is -0.559. The summed E-state index contributed by atoms with van der Waals surface area (Å²) in [6, 6.07) is 12.1. The van der Waals surface area contributed by atoms with Crippen LogP contribution in [0.5, 0.6) is 5.75 Å². The number of carbonyl (C=O) groups is 2. The predicted molar refractivity (Wildman–Crippen MR) is 92.2 cm³/mol. The van der Waals surface area contributed by atoms with Crippen LogP contribution in [0.15, 0.2) is 48.5 Å². The van der Waals surface area contributed by atoms with Crippen LogP contribution in [0.3, 0.4) is 0 Å². The first kappa shape index (κ1) is 17.1. The minimum absolute atomic E-state index is 0.0102. The molecule has 2 aromatic rings. The van der Waals surface area contributed by atoms with E-state index in [1.54, 1.807) is 31.2 Å². The van der Waals surface area contributed by atoms with Gasteiger partial charge in [-0.05, 0) is 68.3 Å². The highest BCUT2D eigenvalue weighted by atomic mass is 19.1. The molecule has 1 heterocycles. The van der Waals surface area contributed by atoms with Crippen molar-refractivity contribution in [3.63, 3.8) is 0 Å². The van der Waals surface area contributed by atoms with E-state index < -0.39 is 6.10 Å². The molecule has 0 aliphatic carbocycles. The summed E-state index contributed by atoms with van der Waals surface area (Å²) in [4.78, 5) is 26.4. The third-order valence-electron chi connectivity index (χ3n) is 4.30. The number of benzene rings is 2. The van der Waals surface area contributed by atoms with Crippen LogP contribution in [0, 0.1) is 5.82 Å². The van der Waals surface area contributed by atoms with Crippen LogP contribution >= 0.6 is 0 Å². The van der Waals surface area contributed by atoms with Crippen LogP contribution in [-0.2, 0) is 4.79 Å². The molecule has 3 rings (SSSR count). The Morgan fingerprint density at radius 1 is 0.960 bits per heavy atom. The normalized spacial score (nSPS) is 15.0. The van der Waals surface area contributed by atoms with Crippen molar-refractivity contribution >= 4 is 11.7 Å². The molecule has 5 heteroatoms. The third-order valence-corrected chi connectivity index (χ3v) is 4.30. The van der Waals surface area contributed by atoms with Gasteiger partial charge in [-0.1, -0.05) is 0 Å². The summed E-state index contributed by atoms with van der Waals surface area (Å²) in [5.74, 6) is -0.0376. The van der Waals surface area contributed by atoms with Gasteiger partial charge in [-0.3, -0.25) is 9.59 Å². The molecule has 1 saturated heterocycles. The van der Waals surface area contributed by atoms with Crippen molar-refractivity contribution in [1.82, 2.24) is 4.90 Å². The summed E-state index contributed by atoms with van der Waals surface area (Å²) >= 11 is 0. The molecule has 0 aromatic heterocycles. The van der Waals surface area contributed by atoms with Gasteiger partial charge in [0, 0.05) is 24.2 Å². The van der Waals surface area contributed by atoms with Gasteiger partial charge in [0.1, 0.15) is 11.6 Å². The van der Waals surface area contributed by atoms with E-state index >= 15 is 0 Å². The number of amides is 1. The van der Waals surface area contributed by atoms with Gasteiger partial charge in [0.2, 0.25) is 0 Å². The van der Waals surface area contributed by atoms with E-state index in [1.807, 2.05) is 4.90 Å². The molecular weight excluding hydrogens is 321 g/mol. The van der Waals surface area contributed by atoms with Crippen LogP contribution in [-0.4, -0.2) is 35.8 Å². The van der Waals surface area contributed by atoms with E-state index in [4.69, 9.17) is 4.74 Å². The molecule has 1 aliphatic heterocycles. The summed E-state index contributed by atoms with van der Waals surface area (Å²) in [7, 11) is 0. The average Bonchev–Trinajstić information content (AvgIpc) is 3.16. The van der Waals surface area contributed by atoms with Gasteiger partial charge in [0.15, 0.2) is 11.9 Å². The lowest BCUT2D eigenvalue weighted by Crippen LogP contribution is -2.38. The second-order valence-electron chi connectivity index (χ2n) is 6.15. The van der Waals surface area contributed by atoms with Gasteiger partial charge in [-0.2, -0.15) is 0 Å². The first-order valence-corrected chi connectivity index (χ1v) is 8.40. The molecule has 130 valence electrons. The maximum atomic E-state index is 12.9. The van der Waals surface area contributed by atoms with E-state index in [9.17, 15) is 14.0 Å². The van der Waals surface area contributed by atoms with Crippen LogP contribution in [0.2, 0.25) is 0 Å². The third kappa shape index (κ3) is 4.05. The number of hydrogen-bond donors (Lipinski definition) is 0. The van der Waals surface area contributed by atoms with Crippen LogP contribution in [0.4, 0.5) is 4.39 Å². The van der Waals surface area contributed by atoms with Crippen LogP contribution in [0.25, 0.3) is 0 Å². The highest BCUT2D eigenvalue weighted by Crippen LogP contribution is 2.18. The number of rotatable bonds is 5. The molecule has 0 bridgehead atoms. The first-order valence-electron chi connectivity index (χ1n) is 8.40. The quantitative estimate of drug-likeness (QED) is 0.783. The molecular formula is C20H20FNO3. The number of halogens is 1. The zero-order chi connectivity index (χ0) is 17.8. The van der Waals surface area contributed by atoms with Crippen molar-refractivity contribution in [3.05, 3.63) is 65.5 Å². The van der Waals surface area contributed by atoms with Gasteiger partial charge < -0.3 is 9.64 Å². The summed E-state index contributed by atoms with van der Waals surface area (Å²) < 4.78 is 18.6. The lowest BCUT2D eigenvalue weighted by Gasteiger charge is -2.21. The number of nitrogens with zero attached hydrogens (tertiary/aromatic N) is 1.